The zero-order valence-corrected chi connectivity index (χ0v) is 15.2. The molecule has 1 fully saturated rings. The van der Waals surface area contributed by atoms with Crippen LogP contribution in [0.3, 0.4) is 0 Å². The summed E-state index contributed by atoms with van der Waals surface area (Å²) in [5, 5.41) is 13.9. The van der Waals surface area contributed by atoms with Crippen LogP contribution in [0, 0.1) is 17.7 Å². The van der Waals surface area contributed by atoms with Gasteiger partial charge in [0.2, 0.25) is 0 Å². The largest absolute Gasteiger partial charge is 0.481 e. The number of halogens is 1. The van der Waals surface area contributed by atoms with Gasteiger partial charge in [-0.15, -0.1) is 0 Å². The molecular formula is C20H22FN3O3. The summed E-state index contributed by atoms with van der Waals surface area (Å²) in [6, 6.07) is 6.06. The van der Waals surface area contributed by atoms with Crippen LogP contribution in [-0.2, 0) is 17.6 Å². The number of carboxylic acids is 1. The molecule has 1 aliphatic heterocycles. The van der Waals surface area contributed by atoms with Crippen LogP contribution in [-0.4, -0.2) is 44.8 Å². The van der Waals surface area contributed by atoms with E-state index in [1.165, 1.54) is 12.1 Å². The highest BCUT2D eigenvalue weighted by atomic mass is 19.1. The highest BCUT2D eigenvalue weighted by Crippen LogP contribution is 2.30. The van der Waals surface area contributed by atoms with Gasteiger partial charge in [0.15, 0.2) is 5.69 Å². The van der Waals surface area contributed by atoms with E-state index in [0.717, 1.165) is 36.2 Å². The number of fused-ring (bicyclic) bond motifs is 1. The van der Waals surface area contributed by atoms with Gasteiger partial charge in [0.25, 0.3) is 5.91 Å². The molecule has 27 heavy (non-hydrogen) atoms. The number of benzene rings is 1. The van der Waals surface area contributed by atoms with Crippen LogP contribution in [0.5, 0.6) is 0 Å². The van der Waals surface area contributed by atoms with E-state index in [2.05, 4.69) is 5.10 Å². The van der Waals surface area contributed by atoms with Gasteiger partial charge in [-0.3, -0.25) is 9.59 Å². The van der Waals surface area contributed by atoms with E-state index in [4.69, 9.17) is 0 Å². The van der Waals surface area contributed by atoms with Crippen molar-refractivity contribution < 1.29 is 19.1 Å². The smallest absolute Gasteiger partial charge is 0.308 e. The van der Waals surface area contributed by atoms with E-state index >= 15 is 0 Å². The number of hydrogen-bond acceptors (Lipinski definition) is 3. The van der Waals surface area contributed by atoms with E-state index in [1.54, 1.807) is 21.7 Å². The van der Waals surface area contributed by atoms with Crippen molar-refractivity contribution in [3.05, 3.63) is 47.0 Å². The van der Waals surface area contributed by atoms with Crippen molar-refractivity contribution in [1.29, 1.82) is 0 Å². The molecule has 0 bridgehead atoms. The molecule has 1 saturated heterocycles. The van der Waals surface area contributed by atoms with E-state index in [1.807, 2.05) is 6.92 Å². The zero-order valence-electron chi connectivity index (χ0n) is 15.2. The lowest BCUT2D eigenvalue weighted by Crippen LogP contribution is -2.45. The summed E-state index contributed by atoms with van der Waals surface area (Å²) in [6.07, 6.45) is 3.13. The first kappa shape index (κ1) is 17.7. The Morgan fingerprint density at radius 3 is 2.63 bits per heavy atom. The topological polar surface area (TPSA) is 75.4 Å². The Morgan fingerprint density at radius 1 is 1.19 bits per heavy atom. The quantitative estimate of drug-likeness (QED) is 0.900. The van der Waals surface area contributed by atoms with Crippen molar-refractivity contribution in [2.75, 3.05) is 13.1 Å². The van der Waals surface area contributed by atoms with Crippen LogP contribution in [0.25, 0.3) is 5.69 Å². The van der Waals surface area contributed by atoms with Crippen molar-refractivity contribution >= 4 is 11.9 Å². The van der Waals surface area contributed by atoms with Crippen LogP contribution in [0.2, 0.25) is 0 Å². The second kappa shape index (κ2) is 6.79. The highest BCUT2D eigenvalue weighted by molar-refractivity contribution is 5.94. The summed E-state index contributed by atoms with van der Waals surface area (Å²) in [5.74, 6) is -1.78. The van der Waals surface area contributed by atoms with Gasteiger partial charge < -0.3 is 10.0 Å². The molecule has 0 saturated carbocycles. The fourth-order valence-corrected chi connectivity index (χ4v) is 4.25. The molecule has 4 rings (SSSR count). The number of amides is 1. The highest BCUT2D eigenvalue weighted by Gasteiger charge is 2.35. The van der Waals surface area contributed by atoms with Gasteiger partial charge >= 0.3 is 5.97 Å². The molecular weight excluding hydrogens is 349 g/mol. The van der Waals surface area contributed by atoms with Gasteiger partial charge in [-0.2, -0.15) is 5.10 Å². The third kappa shape index (κ3) is 3.22. The Balaban J connectivity index is 1.68. The van der Waals surface area contributed by atoms with Gasteiger partial charge in [0.05, 0.1) is 11.6 Å². The van der Waals surface area contributed by atoms with Gasteiger partial charge in [-0.05, 0) is 55.9 Å². The SMILES string of the molecule is CC1CC(C(=O)O)CN(C(=O)c2nn(-c3ccc(F)cc3)c3c2CCC3)C1. The van der Waals surface area contributed by atoms with Crippen molar-refractivity contribution in [2.45, 2.75) is 32.6 Å². The molecule has 1 aromatic carbocycles. The Kier molecular flexibility index (Phi) is 4.45. The summed E-state index contributed by atoms with van der Waals surface area (Å²) in [5.41, 5.74) is 3.06. The fraction of sp³-hybridized carbons (Fsp3) is 0.450. The molecule has 142 valence electrons. The minimum absolute atomic E-state index is 0.135. The average Bonchev–Trinajstić information content (AvgIpc) is 3.24. The van der Waals surface area contributed by atoms with Gasteiger partial charge in [0.1, 0.15) is 5.82 Å². The number of carboxylic acid groups (broad SMARTS) is 1. The van der Waals surface area contributed by atoms with Gasteiger partial charge in [0, 0.05) is 24.3 Å². The van der Waals surface area contributed by atoms with E-state index < -0.39 is 11.9 Å². The minimum Gasteiger partial charge on any atom is -0.481 e. The van der Waals surface area contributed by atoms with Crippen LogP contribution in [0.4, 0.5) is 4.39 Å². The van der Waals surface area contributed by atoms with Crippen LogP contribution in [0.1, 0.15) is 41.5 Å². The summed E-state index contributed by atoms with van der Waals surface area (Å²) in [6.45, 7) is 2.73. The Labute approximate surface area is 156 Å². The second-order valence-electron chi connectivity index (χ2n) is 7.60. The minimum atomic E-state index is -0.860. The van der Waals surface area contributed by atoms with Crippen molar-refractivity contribution in [1.82, 2.24) is 14.7 Å². The van der Waals surface area contributed by atoms with E-state index in [0.29, 0.717) is 18.7 Å². The first-order chi connectivity index (χ1) is 12.9. The van der Waals surface area contributed by atoms with Crippen molar-refractivity contribution in [2.24, 2.45) is 11.8 Å². The lowest BCUT2D eigenvalue weighted by Gasteiger charge is -2.34. The number of rotatable bonds is 3. The number of nitrogens with zero attached hydrogens (tertiary/aromatic N) is 3. The number of aromatic nitrogens is 2. The Bertz CT molecular complexity index is 891. The van der Waals surface area contributed by atoms with Gasteiger partial charge in [-0.1, -0.05) is 6.92 Å². The monoisotopic (exact) mass is 371 g/mol. The number of aliphatic carboxylic acids is 1. The molecule has 0 spiro atoms. The maximum Gasteiger partial charge on any atom is 0.308 e. The van der Waals surface area contributed by atoms with E-state index in [-0.39, 0.29) is 24.2 Å². The molecule has 7 heteroatoms. The molecule has 0 radical (unpaired) electrons. The Morgan fingerprint density at radius 2 is 1.93 bits per heavy atom. The lowest BCUT2D eigenvalue weighted by atomic mass is 9.90. The fourth-order valence-electron chi connectivity index (χ4n) is 4.25. The van der Waals surface area contributed by atoms with Crippen molar-refractivity contribution in [3.8, 4) is 5.69 Å². The molecule has 6 nitrogen and oxygen atoms in total. The summed E-state index contributed by atoms with van der Waals surface area (Å²) in [7, 11) is 0. The first-order valence-corrected chi connectivity index (χ1v) is 9.33. The number of carbonyl (C=O) groups is 2. The molecule has 2 heterocycles. The third-order valence-corrected chi connectivity index (χ3v) is 5.50. The number of hydrogen-bond donors (Lipinski definition) is 1. The maximum atomic E-state index is 13.3. The van der Waals surface area contributed by atoms with Crippen LogP contribution in [0.15, 0.2) is 24.3 Å². The average molecular weight is 371 g/mol. The molecule has 2 atom stereocenters. The third-order valence-electron chi connectivity index (χ3n) is 5.50. The first-order valence-electron chi connectivity index (χ1n) is 9.33. The summed E-state index contributed by atoms with van der Waals surface area (Å²) < 4.78 is 15.0. The molecule has 1 amide bonds. The normalized spacial score (nSPS) is 21.9. The molecule has 2 unspecified atom stereocenters. The number of likely N-dealkylation sites (tertiary alicyclic amines) is 1. The van der Waals surface area contributed by atoms with E-state index in [9.17, 15) is 19.1 Å². The van der Waals surface area contributed by atoms with Crippen molar-refractivity contribution in [3.63, 3.8) is 0 Å². The number of piperidine rings is 1. The predicted octanol–water partition coefficient (Wildman–Crippen LogP) is 2.68. The van der Waals surface area contributed by atoms with Gasteiger partial charge in [-0.25, -0.2) is 9.07 Å². The Hall–Kier alpha value is -2.70. The zero-order chi connectivity index (χ0) is 19.1. The van der Waals surface area contributed by atoms with Crippen LogP contribution < -0.4 is 0 Å². The molecule has 2 aromatic rings. The summed E-state index contributed by atoms with van der Waals surface area (Å²) >= 11 is 0. The molecule has 1 N–H and O–H groups in total. The molecule has 1 aliphatic carbocycles. The predicted molar refractivity (Wildman–Crippen MR) is 96.4 cm³/mol. The summed E-state index contributed by atoms with van der Waals surface area (Å²) in [4.78, 5) is 26.2. The molecule has 2 aliphatic rings. The maximum absolute atomic E-state index is 13.3. The lowest BCUT2D eigenvalue weighted by molar-refractivity contribution is -0.143. The number of carbonyl (C=O) groups excluding carboxylic acids is 1. The molecule has 1 aromatic heterocycles. The standard InChI is InChI=1S/C20H22FN3O3/c1-12-9-13(20(26)27)11-23(10-12)19(25)18-16-3-2-4-17(16)24(22-18)15-7-5-14(21)6-8-15/h5-8,12-13H,2-4,9-11H2,1H3,(H,26,27). The second-order valence-corrected chi connectivity index (χ2v) is 7.60. The van der Waals surface area contributed by atoms with Crippen LogP contribution >= 0.6 is 0 Å².